The number of carboxylic acids is 1. The molecule has 6 aromatic rings. The fourth-order valence-electron chi connectivity index (χ4n) is 5.67. The highest BCUT2D eigenvalue weighted by Crippen LogP contribution is 2.30. The Bertz CT molecular complexity index is 2350. The van der Waals surface area contributed by atoms with Gasteiger partial charge in [0.1, 0.15) is 41.3 Å². The van der Waals surface area contributed by atoms with Gasteiger partial charge in [-0.3, -0.25) is 14.4 Å². The van der Waals surface area contributed by atoms with Crippen LogP contribution in [-0.4, -0.2) is 76.3 Å². The van der Waals surface area contributed by atoms with E-state index in [0.717, 1.165) is 21.9 Å². The van der Waals surface area contributed by atoms with Crippen molar-refractivity contribution in [2.24, 2.45) is 0 Å². The lowest BCUT2D eigenvalue weighted by Gasteiger charge is -2.20. The standard InChI is InChI=1S/C25H18O7.C20H22N2O5/c26-17(13-31-24(29)20-11-9-15-5-1-3-7-18(15)22(20)27)14-32-25(30)21-12-10-16-6-2-4-8-19(16)23(21)28;1-14(19(24)25)21-18(23)17(12-15-8-4-2-5-9-15)22-20(26)27-13-16-10-6-3-7-11-16/h1-12,27-28H,13-14H2;2-11,14,17H,12-13H2,1H3,(H,21,23)(H,22,26)(H,24,25)/t;14-,17-/m.0/s1. The normalized spacial score (nSPS) is 11.5. The molecule has 0 fully saturated rings. The van der Waals surface area contributed by atoms with Crippen LogP contribution in [-0.2, 0) is 41.6 Å². The topological polar surface area (TPSA) is 215 Å². The van der Waals surface area contributed by atoms with Crippen LogP contribution in [0.15, 0.2) is 133 Å². The van der Waals surface area contributed by atoms with Crippen molar-refractivity contribution in [3.8, 4) is 11.5 Å². The summed E-state index contributed by atoms with van der Waals surface area (Å²) in [5.41, 5.74) is 1.49. The first-order valence-electron chi connectivity index (χ1n) is 18.2. The Hall–Kier alpha value is -7.74. The van der Waals surface area contributed by atoms with Crippen molar-refractivity contribution < 1.29 is 58.3 Å². The fraction of sp³-hybridized carbons (Fsp3) is 0.156. The molecule has 14 nitrogen and oxygen atoms in total. The number of Topliss-reactive ketones (excluding diaryl/α,β-unsaturated/α-hetero) is 1. The van der Waals surface area contributed by atoms with Crippen molar-refractivity contribution >= 4 is 57.2 Å². The average molecular weight is 801 g/mol. The summed E-state index contributed by atoms with van der Waals surface area (Å²) in [5, 5.41) is 36.9. The number of phenolic OH excluding ortho intramolecular Hbond substituents is 2. The van der Waals surface area contributed by atoms with E-state index >= 15 is 0 Å². The first-order valence-corrected chi connectivity index (χ1v) is 18.2. The number of benzene rings is 6. The van der Waals surface area contributed by atoms with Crippen LogP contribution in [0.25, 0.3) is 21.5 Å². The molecule has 0 bridgehead atoms. The SMILES string of the molecule is C[C@H](NC(=O)[C@H](Cc1ccccc1)NC(=O)OCc1ccccc1)C(=O)O.O=C(COC(=O)c1ccc2ccccc2c1O)COC(=O)c1ccc2ccccc2c1O. The van der Waals surface area contributed by atoms with E-state index in [1.807, 2.05) is 60.7 Å². The van der Waals surface area contributed by atoms with Gasteiger partial charge in [-0.15, -0.1) is 0 Å². The molecule has 6 aromatic carbocycles. The highest BCUT2D eigenvalue weighted by atomic mass is 16.6. The summed E-state index contributed by atoms with van der Waals surface area (Å²) < 4.78 is 15.1. The largest absolute Gasteiger partial charge is 0.506 e. The summed E-state index contributed by atoms with van der Waals surface area (Å²) in [6.45, 7) is 0.148. The van der Waals surface area contributed by atoms with Crippen molar-refractivity contribution in [2.45, 2.75) is 32.0 Å². The van der Waals surface area contributed by atoms with Crippen LogP contribution in [0.5, 0.6) is 11.5 Å². The molecule has 302 valence electrons. The van der Waals surface area contributed by atoms with Crippen molar-refractivity contribution in [1.29, 1.82) is 0 Å². The number of hydrogen-bond acceptors (Lipinski definition) is 11. The first kappa shape index (κ1) is 42.4. The van der Waals surface area contributed by atoms with Gasteiger partial charge in [0.25, 0.3) is 0 Å². The number of ketones is 1. The van der Waals surface area contributed by atoms with Crippen molar-refractivity contribution in [3.05, 3.63) is 156 Å². The van der Waals surface area contributed by atoms with E-state index in [0.29, 0.717) is 10.8 Å². The Morgan fingerprint density at radius 3 is 1.51 bits per heavy atom. The predicted molar refractivity (Wildman–Crippen MR) is 216 cm³/mol. The average Bonchev–Trinajstić information content (AvgIpc) is 3.25. The fourth-order valence-corrected chi connectivity index (χ4v) is 5.67. The predicted octanol–water partition coefficient (Wildman–Crippen LogP) is 6.10. The van der Waals surface area contributed by atoms with Gasteiger partial charge in [0.15, 0.2) is 13.2 Å². The number of fused-ring (bicyclic) bond motifs is 2. The minimum atomic E-state index is -1.16. The summed E-state index contributed by atoms with van der Waals surface area (Å²) in [4.78, 5) is 72.1. The number of amides is 2. The summed E-state index contributed by atoms with van der Waals surface area (Å²) >= 11 is 0. The third-order valence-electron chi connectivity index (χ3n) is 8.80. The van der Waals surface area contributed by atoms with Gasteiger partial charge >= 0.3 is 24.0 Å². The zero-order chi connectivity index (χ0) is 42.3. The molecule has 5 N–H and O–H groups in total. The van der Waals surface area contributed by atoms with Gasteiger partial charge in [-0.05, 0) is 41.0 Å². The maximum absolute atomic E-state index is 12.4. The first-order chi connectivity index (χ1) is 28.4. The molecule has 0 aliphatic rings. The summed E-state index contributed by atoms with van der Waals surface area (Å²) in [6, 6.07) is 36.3. The van der Waals surface area contributed by atoms with Crippen molar-refractivity contribution in [1.82, 2.24) is 10.6 Å². The lowest BCUT2D eigenvalue weighted by Crippen LogP contribution is -2.51. The van der Waals surface area contributed by atoms with Gasteiger partial charge in [-0.25, -0.2) is 14.4 Å². The number of alkyl carbamates (subject to hydrolysis) is 1. The van der Waals surface area contributed by atoms with Gasteiger partial charge in [-0.2, -0.15) is 0 Å². The highest BCUT2D eigenvalue weighted by Gasteiger charge is 2.25. The molecule has 0 heterocycles. The minimum absolute atomic E-state index is 0.0673. The number of aliphatic carboxylic acids is 1. The summed E-state index contributed by atoms with van der Waals surface area (Å²) in [7, 11) is 0. The van der Waals surface area contributed by atoms with Crippen LogP contribution in [0.2, 0.25) is 0 Å². The third kappa shape index (κ3) is 11.9. The van der Waals surface area contributed by atoms with E-state index < -0.39 is 61.0 Å². The van der Waals surface area contributed by atoms with Crippen molar-refractivity contribution in [3.63, 3.8) is 0 Å². The molecule has 0 saturated carbocycles. The molecule has 59 heavy (non-hydrogen) atoms. The molecule has 0 unspecified atom stereocenters. The molecule has 0 radical (unpaired) electrons. The second-order valence-corrected chi connectivity index (χ2v) is 13.1. The zero-order valence-electron chi connectivity index (χ0n) is 31.7. The number of rotatable bonds is 14. The van der Waals surface area contributed by atoms with E-state index in [-0.39, 0.29) is 35.7 Å². The highest BCUT2D eigenvalue weighted by molar-refractivity contribution is 6.03. The maximum atomic E-state index is 12.4. The second-order valence-electron chi connectivity index (χ2n) is 13.1. The number of aromatic hydroxyl groups is 2. The van der Waals surface area contributed by atoms with Crippen LogP contribution in [0.1, 0.15) is 38.8 Å². The van der Waals surface area contributed by atoms with Gasteiger partial charge in [0.2, 0.25) is 11.7 Å². The molecule has 2 amide bonds. The maximum Gasteiger partial charge on any atom is 0.408 e. The molecule has 0 spiro atoms. The number of phenols is 2. The summed E-state index contributed by atoms with van der Waals surface area (Å²) in [5.74, 6) is -4.64. The molecule has 0 saturated heterocycles. The van der Waals surface area contributed by atoms with Crippen LogP contribution < -0.4 is 10.6 Å². The van der Waals surface area contributed by atoms with Crippen LogP contribution in [0.4, 0.5) is 4.79 Å². The number of carboxylic acid groups (broad SMARTS) is 1. The van der Waals surface area contributed by atoms with Gasteiger partial charge in [-0.1, -0.05) is 121 Å². The van der Waals surface area contributed by atoms with Crippen molar-refractivity contribution in [2.75, 3.05) is 13.2 Å². The number of hydrogen-bond donors (Lipinski definition) is 5. The molecule has 0 aliphatic heterocycles. The number of carbonyl (C=O) groups excluding carboxylic acids is 5. The zero-order valence-corrected chi connectivity index (χ0v) is 31.7. The quantitative estimate of drug-likeness (QED) is 0.0624. The molecular weight excluding hydrogens is 760 g/mol. The summed E-state index contributed by atoms with van der Waals surface area (Å²) in [6.07, 6.45) is -0.544. The number of esters is 2. The van der Waals surface area contributed by atoms with Gasteiger partial charge in [0.05, 0.1) is 0 Å². The van der Waals surface area contributed by atoms with Gasteiger partial charge in [0, 0.05) is 17.2 Å². The lowest BCUT2D eigenvalue weighted by molar-refractivity contribution is -0.141. The molecule has 14 heteroatoms. The Kier molecular flexibility index (Phi) is 14.7. The van der Waals surface area contributed by atoms with Gasteiger partial charge < -0.3 is 40.2 Å². The second kappa shape index (κ2) is 20.4. The molecular formula is C45H40N2O12. The van der Waals surface area contributed by atoms with E-state index in [2.05, 4.69) is 10.6 Å². The Balaban J connectivity index is 0.000000228. The Labute approximate surface area is 338 Å². The third-order valence-corrected chi connectivity index (χ3v) is 8.80. The van der Waals surface area contributed by atoms with Crippen LogP contribution in [0, 0.1) is 0 Å². The van der Waals surface area contributed by atoms with E-state index in [9.17, 15) is 39.0 Å². The molecule has 0 aliphatic carbocycles. The van der Waals surface area contributed by atoms with Crippen LogP contribution >= 0.6 is 0 Å². The van der Waals surface area contributed by atoms with E-state index in [1.54, 1.807) is 60.7 Å². The van der Waals surface area contributed by atoms with E-state index in [1.165, 1.54) is 19.1 Å². The minimum Gasteiger partial charge on any atom is -0.506 e. The Morgan fingerprint density at radius 2 is 1.02 bits per heavy atom. The number of ether oxygens (including phenoxy) is 3. The molecule has 6 rings (SSSR count). The van der Waals surface area contributed by atoms with E-state index in [4.69, 9.17) is 19.3 Å². The molecule has 2 atom stereocenters. The Morgan fingerprint density at radius 1 is 0.559 bits per heavy atom. The number of carbonyl (C=O) groups is 6. The lowest BCUT2D eigenvalue weighted by atomic mass is 10.1. The monoisotopic (exact) mass is 800 g/mol. The smallest absolute Gasteiger partial charge is 0.408 e. The number of nitrogens with one attached hydrogen (secondary N) is 2. The molecule has 0 aromatic heterocycles. The van der Waals surface area contributed by atoms with Crippen LogP contribution in [0.3, 0.4) is 0 Å².